The van der Waals surface area contributed by atoms with Gasteiger partial charge in [0.15, 0.2) is 0 Å². The summed E-state index contributed by atoms with van der Waals surface area (Å²) in [5.74, 6) is 0.796. The lowest BCUT2D eigenvalue weighted by Gasteiger charge is -2.39. The van der Waals surface area contributed by atoms with Crippen molar-refractivity contribution >= 4 is 6.03 Å². The number of benzene rings is 3. The quantitative estimate of drug-likeness (QED) is 0.468. The van der Waals surface area contributed by atoms with Crippen LogP contribution < -0.4 is 10.1 Å². The van der Waals surface area contributed by atoms with Crippen LogP contribution in [0, 0.1) is 0 Å². The minimum absolute atomic E-state index is 0.0864. The fraction of sp³-hybridized carbons (Fsp3) is 0.192. The summed E-state index contributed by atoms with van der Waals surface area (Å²) in [6.07, 6.45) is 1.89. The Balaban J connectivity index is 1.18. The first-order chi connectivity index (χ1) is 16.3. The fourth-order valence-electron chi connectivity index (χ4n) is 3.89. The molecular weight excluding hydrogens is 414 g/mol. The average Bonchev–Trinajstić information content (AvgIpc) is 3.30. The number of likely N-dealkylation sites (tertiary alicyclic amines) is 1. The zero-order chi connectivity index (χ0) is 22.5. The average molecular weight is 440 g/mol. The summed E-state index contributed by atoms with van der Waals surface area (Å²) >= 11 is 0. The lowest BCUT2D eigenvalue weighted by atomic mass is 9.99. The molecule has 7 heteroatoms. The van der Waals surface area contributed by atoms with Crippen molar-refractivity contribution in [2.45, 2.75) is 18.7 Å². The predicted molar refractivity (Wildman–Crippen MR) is 125 cm³/mol. The summed E-state index contributed by atoms with van der Waals surface area (Å²) in [5, 5.41) is 11.6. The molecule has 0 radical (unpaired) electrons. The van der Waals surface area contributed by atoms with Crippen molar-refractivity contribution in [2.24, 2.45) is 0 Å². The van der Waals surface area contributed by atoms with Gasteiger partial charge in [-0.3, -0.25) is 0 Å². The molecule has 4 aromatic rings. The van der Waals surface area contributed by atoms with Crippen molar-refractivity contribution in [1.29, 1.82) is 0 Å². The summed E-state index contributed by atoms with van der Waals surface area (Å²) in [4.78, 5) is 14.8. The summed E-state index contributed by atoms with van der Waals surface area (Å²) in [6.45, 7) is 1.53. The van der Waals surface area contributed by atoms with E-state index >= 15 is 0 Å². The van der Waals surface area contributed by atoms with Crippen LogP contribution in [-0.2, 0) is 6.61 Å². The van der Waals surface area contributed by atoms with Crippen molar-refractivity contribution < 1.29 is 9.53 Å². The zero-order valence-electron chi connectivity index (χ0n) is 18.1. The van der Waals surface area contributed by atoms with Gasteiger partial charge in [0.2, 0.25) is 0 Å². The van der Waals surface area contributed by atoms with Crippen LogP contribution in [0.1, 0.15) is 28.9 Å². The van der Waals surface area contributed by atoms with E-state index < -0.39 is 0 Å². The third kappa shape index (κ3) is 4.87. The Labute approximate surface area is 192 Å². The first-order valence-corrected chi connectivity index (χ1v) is 11.0. The number of carbonyl (C=O) groups is 1. The first kappa shape index (κ1) is 20.8. The predicted octanol–water partition coefficient (Wildman–Crippen LogP) is 4.21. The molecule has 0 aliphatic carbocycles. The van der Waals surface area contributed by atoms with Crippen LogP contribution in [0.15, 0.2) is 97.2 Å². The van der Waals surface area contributed by atoms with Gasteiger partial charge in [0, 0.05) is 13.1 Å². The second-order valence-electron chi connectivity index (χ2n) is 8.05. The number of hydrogen-bond donors (Lipinski definition) is 1. The number of hydrogen-bond acceptors (Lipinski definition) is 4. The highest BCUT2D eigenvalue weighted by Gasteiger charge is 2.34. The van der Waals surface area contributed by atoms with E-state index in [1.165, 1.54) is 0 Å². The van der Waals surface area contributed by atoms with Gasteiger partial charge < -0.3 is 15.0 Å². The highest BCUT2D eigenvalue weighted by atomic mass is 16.5. The summed E-state index contributed by atoms with van der Waals surface area (Å²) in [5.41, 5.74) is 2.86. The van der Waals surface area contributed by atoms with Gasteiger partial charge in [-0.2, -0.15) is 0 Å². The van der Waals surface area contributed by atoms with Gasteiger partial charge >= 0.3 is 6.03 Å². The van der Waals surface area contributed by atoms with Crippen LogP contribution >= 0.6 is 0 Å². The van der Waals surface area contributed by atoms with E-state index in [0.29, 0.717) is 19.7 Å². The van der Waals surface area contributed by atoms with Gasteiger partial charge in [-0.15, -0.1) is 5.10 Å². The number of nitrogens with zero attached hydrogens (tertiary/aromatic N) is 4. The number of nitrogens with one attached hydrogen (secondary N) is 1. The fourth-order valence-corrected chi connectivity index (χ4v) is 3.89. The maximum Gasteiger partial charge on any atom is 0.318 e. The molecule has 166 valence electrons. The van der Waals surface area contributed by atoms with Gasteiger partial charge in [0.25, 0.3) is 0 Å². The summed E-state index contributed by atoms with van der Waals surface area (Å²) in [6, 6.07) is 29.5. The Morgan fingerprint density at radius 2 is 1.48 bits per heavy atom. The lowest BCUT2D eigenvalue weighted by molar-refractivity contribution is 0.116. The summed E-state index contributed by atoms with van der Waals surface area (Å²) < 4.78 is 7.55. The molecule has 0 atom stereocenters. The molecule has 3 aromatic carbocycles. The Hall–Kier alpha value is -4.13. The van der Waals surface area contributed by atoms with E-state index in [-0.39, 0.29) is 18.1 Å². The number of amides is 2. The maximum absolute atomic E-state index is 13.0. The van der Waals surface area contributed by atoms with Gasteiger partial charge in [0.05, 0.1) is 18.3 Å². The largest absolute Gasteiger partial charge is 0.487 e. The summed E-state index contributed by atoms with van der Waals surface area (Å²) in [7, 11) is 0. The SMILES string of the molecule is O=C(NC(c1ccccc1)c1ccccc1)N1CC(n2cc(COc3ccccc3)nn2)C1. The molecule has 1 aliphatic heterocycles. The Bertz CT molecular complexity index is 1140. The number of rotatable bonds is 7. The third-order valence-electron chi connectivity index (χ3n) is 5.74. The number of ether oxygens (including phenoxy) is 1. The van der Waals surface area contributed by atoms with E-state index in [1.807, 2.05) is 102 Å². The smallest absolute Gasteiger partial charge is 0.318 e. The topological polar surface area (TPSA) is 72.3 Å². The molecule has 5 rings (SSSR count). The molecular formula is C26H25N5O2. The number of aromatic nitrogens is 3. The zero-order valence-corrected chi connectivity index (χ0v) is 18.1. The van der Waals surface area contributed by atoms with Crippen molar-refractivity contribution in [1.82, 2.24) is 25.2 Å². The standard InChI is InChI=1S/C26H25N5O2/c32-26(27-25(20-10-4-1-5-11-20)21-12-6-2-7-13-21)30-17-23(18-30)31-16-22(28-29-31)19-33-24-14-8-3-9-15-24/h1-16,23,25H,17-19H2,(H,27,32). The monoisotopic (exact) mass is 439 g/mol. The maximum atomic E-state index is 13.0. The Morgan fingerprint density at radius 3 is 2.09 bits per heavy atom. The lowest BCUT2D eigenvalue weighted by Crippen LogP contribution is -2.55. The van der Waals surface area contributed by atoms with Crippen molar-refractivity contribution in [3.05, 3.63) is 114 Å². The second kappa shape index (κ2) is 9.56. The van der Waals surface area contributed by atoms with Gasteiger partial charge in [0.1, 0.15) is 18.1 Å². The highest BCUT2D eigenvalue weighted by molar-refractivity contribution is 5.76. The van der Waals surface area contributed by atoms with Crippen LogP contribution in [0.5, 0.6) is 5.75 Å². The second-order valence-corrected chi connectivity index (χ2v) is 8.05. The van der Waals surface area contributed by atoms with Crippen LogP contribution in [0.2, 0.25) is 0 Å². The van der Waals surface area contributed by atoms with E-state index in [0.717, 1.165) is 22.6 Å². The molecule has 1 aliphatic rings. The Kier molecular flexibility index (Phi) is 6.01. The minimum atomic E-state index is -0.202. The van der Waals surface area contributed by atoms with E-state index in [1.54, 1.807) is 4.90 Å². The Morgan fingerprint density at radius 1 is 0.909 bits per heavy atom. The molecule has 0 bridgehead atoms. The van der Waals surface area contributed by atoms with Crippen LogP contribution in [-0.4, -0.2) is 39.0 Å². The number of urea groups is 1. The molecule has 1 aromatic heterocycles. The number of para-hydroxylation sites is 1. The number of carbonyl (C=O) groups excluding carboxylic acids is 1. The van der Waals surface area contributed by atoms with Crippen molar-refractivity contribution in [3.63, 3.8) is 0 Å². The molecule has 0 saturated carbocycles. The normalized spacial score (nSPS) is 13.5. The first-order valence-electron chi connectivity index (χ1n) is 11.0. The molecule has 2 amide bonds. The molecule has 2 heterocycles. The molecule has 7 nitrogen and oxygen atoms in total. The molecule has 1 N–H and O–H groups in total. The van der Waals surface area contributed by atoms with Crippen LogP contribution in [0.25, 0.3) is 0 Å². The van der Waals surface area contributed by atoms with Crippen molar-refractivity contribution in [2.75, 3.05) is 13.1 Å². The molecule has 33 heavy (non-hydrogen) atoms. The van der Waals surface area contributed by atoms with E-state index in [4.69, 9.17) is 4.74 Å². The third-order valence-corrected chi connectivity index (χ3v) is 5.74. The van der Waals surface area contributed by atoms with E-state index in [2.05, 4.69) is 15.6 Å². The van der Waals surface area contributed by atoms with Crippen molar-refractivity contribution in [3.8, 4) is 5.75 Å². The minimum Gasteiger partial charge on any atom is -0.487 e. The van der Waals surface area contributed by atoms with Crippen LogP contribution in [0.4, 0.5) is 4.79 Å². The van der Waals surface area contributed by atoms with Gasteiger partial charge in [-0.05, 0) is 23.3 Å². The van der Waals surface area contributed by atoms with Crippen LogP contribution in [0.3, 0.4) is 0 Å². The molecule has 1 fully saturated rings. The van der Waals surface area contributed by atoms with E-state index in [9.17, 15) is 4.79 Å². The molecule has 0 unspecified atom stereocenters. The van der Waals surface area contributed by atoms with Gasteiger partial charge in [-0.1, -0.05) is 84.1 Å². The van der Waals surface area contributed by atoms with Gasteiger partial charge in [-0.25, -0.2) is 9.48 Å². The molecule has 0 spiro atoms. The molecule has 1 saturated heterocycles. The highest BCUT2D eigenvalue weighted by Crippen LogP contribution is 2.25.